The number of benzene rings is 3. The van der Waals surface area contributed by atoms with E-state index < -0.39 is 5.91 Å². The van der Waals surface area contributed by atoms with Crippen LogP contribution in [0.5, 0.6) is 0 Å². The highest BCUT2D eigenvalue weighted by atomic mass is 35.5. The van der Waals surface area contributed by atoms with E-state index >= 15 is 0 Å². The van der Waals surface area contributed by atoms with Crippen LogP contribution in [0.1, 0.15) is 31.8 Å². The first-order valence-electron chi connectivity index (χ1n) is 8.63. The molecule has 0 unspecified atom stereocenters. The van der Waals surface area contributed by atoms with Crippen molar-refractivity contribution in [3.63, 3.8) is 0 Å². The topological polar surface area (TPSA) is 58.2 Å². The molecule has 0 aliphatic heterocycles. The van der Waals surface area contributed by atoms with Gasteiger partial charge >= 0.3 is 0 Å². The predicted octanol–water partition coefficient (Wildman–Crippen LogP) is 5.48. The predicted molar refractivity (Wildman–Crippen MR) is 113 cm³/mol. The van der Waals surface area contributed by atoms with Crippen LogP contribution in [0, 0.1) is 6.92 Å². The zero-order valence-electron chi connectivity index (χ0n) is 15.1. The van der Waals surface area contributed by atoms with Crippen molar-refractivity contribution in [2.45, 2.75) is 13.5 Å². The van der Waals surface area contributed by atoms with E-state index in [9.17, 15) is 9.59 Å². The fourth-order valence-electron chi connectivity index (χ4n) is 2.64. The van der Waals surface area contributed by atoms with Crippen molar-refractivity contribution in [3.05, 3.63) is 99.0 Å². The molecule has 4 nitrogen and oxygen atoms in total. The van der Waals surface area contributed by atoms with Crippen LogP contribution in [0.3, 0.4) is 0 Å². The minimum Gasteiger partial charge on any atom is -0.348 e. The molecule has 2 amide bonds. The van der Waals surface area contributed by atoms with Crippen LogP contribution < -0.4 is 10.6 Å². The lowest BCUT2D eigenvalue weighted by Crippen LogP contribution is -2.25. The van der Waals surface area contributed by atoms with Crippen LogP contribution >= 0.6 is 23.2 Å². The Morgan fingerprint density at radius 1 is 0.857 bits per heavy atom. The summed E-state index contributed by atoms with van der Waals surface area (Å²) in [5.74, 6) is -0.695. The van der Waals surface area contributed by atoms with Gasteiger partial charge < -0.3 is 10.6 Å². The number of hydrogen-bond acceptors (Lipinski definition) is 2. The van der Waals surface area contributed by atoms with Crippen molar-refractivity contribution in [2.24, 2.45) is 0 Å². The van der Waals surface area contributed by atoms with E-state index in [0.717, 1.165) is 11.1 Å². The largest absolute Gasteiger partial charge is 0.348 e. The smallest absolute Gasteiger partial charge is 0.257 e. The van der Waals surface area contributed by atoms with Gasteiger partial charge in [0, 0.05) is 11.6 Å². The Morgan fingerprint density at radius 2 is 1.57 bits per heavy atom. The summed E-state index contributed by atoms with van der Waals surface area (Å²) < 4.78 is 0. The molecule has 6 heteroatoms. The van der Waals surface area contributed by atoms with Crippen molar-refractivity contribution >= 4 is 40.7 Å². The van der Waals surface area contributed by atoms with Crippen molar-refractivity contribution in [1.82, 2.24) is 5.32 Å². The third-order valence-corrected chi connectivity index (χ3v) is 4.72. The summed E-state index contributed by atoms with van der Waals surface area (Å²) in [7, 11) is 0. The maximum atomic E-state index is 12.6. The van der Waals surface area contributed by atoms with E-state index in [4.69, 9.17) is 23.2 Å². The fourth-order valence-corrected chi connectivity index (χ4v) is 3.13. The summed E-state index contributed by atoms with van der Waals surface area (Å²) in [5.41, 5.74) is 3.20. The first-order chi connectivity index (χ1) is 13.4. The molecule has 0 aliphatic carbocycles. The van der Waals surface area contributed by atoms with Gasteiger partial charge in [-0.15, -0.1) is 0 Å². The standard InChI is InChI=1S/C22H18Cl2N2O2/c1-14-6-8-15(9-7-14)13-25-21(27)18-4-2-3-5-20(18)26-22(28)17-11-10-16(23)12-19(17)24/h2-12H,13H2,1H3,(H,25,27)(H,26,28). The van der Waals surface area contributed by atoms with Crippen LogP contribution in [0.25, 0.3) is 0 Å². The Hall–Kier alpha value is -2.82. The molecule has 0 aromatic heterocycles. The molecule has 142 valence electrons. The van der Waals surface area contributed by atoms with E-state index in [-0.39, 0.29) is 16.5 Å². The van der Waals surface area contributed by atoms with Gasteiger partial charge in [0.15, 0.2) is 0 Å². The number of para-hydroxylation sites is 1. The Balaban J connectivity index is 1.74. The van der Waals surface area contributed by atoms with E-state index in [1.165, 1.54) is 6.07 Å². The van der Waals surface area contributed by atoms with E-state index in [2.05, 4.69) is 10.6 Å². The average molecular weight is 413 g/mol. The van der Waals surface area contributed by atoms with Crippen LogP contribution in [0.4, 0.5) is 5.69 Å². The molecular formula is C22H18Cl2N2O2. The number of halogens is 2. The van der Waals surface area contributed by atoms with Gasteiger partial charge in [0.1, 0.15) is 0 Å². The van der Waals surface area contributed by atoms with Gasteiger partial charge in [-0.05, 0) is 42.8 Å². The lowest BCUT2D eigenvalue weighted by molar-refractivity contribution is 0.0952. The second-order valence-electron chi connectivity index (χ2n) is 6.29. The van der Waals surface area contributed by atoms with Crippen molar-refractivity contribution < 1.29 is 9.59 Å². The SMILES string of the molecule is Cc1ccc(CNC(=O)c2ccccc2NC(=O)c2ccc(Cl)cc2Cl)cc1. The van der Waals surface area contributed by atoms with Crippen molar-refractivity contribution in [1.29, 1.82) is 0 Å². The summed E-state index contributed by atoms with van der Waals surface area (Å²) in [6.07, 6.45) is 0. The Bertz CT molecular complexity index is 1020. The zero-order chi connectivity index (χ0) is 20.1. The highest BCUT2D eigenvalue weighted by Gasteiger charge is 2.16. The molecule has 0 aliphatic rings. The molecule has 3 aromatic carbocycles. The summed E-state index contributed by atoms with van der Waals surface area (Å²) in [6, 6.07) is 19.4. The molecule has 0 radical (unpaired) electrons. The lowest BCUT2D eigenvalue weighted by Gasteiger charge is -2.12. The summed E-state index contributed by atoms with van der Waals surface area (Å²) in [5, 5.41) is 6.30. The summed E-state index contributed by atoms with van der Waals surface area (Å²) in [6.45, 7) is 2.40. The number of nitrogens with one attached hydrogen (secondary N) is 2. The Morgan fingerprint density at radius 3 is 2.29 bits per heavy atom. The zero-order valence-corrected chi connectivity index (χ0v) is 16.6. The normalized spacial score (nSPS) is 10.4. The molecule has 0 saturated carbocycles. The Labute approximate surface area is 173 Å². The van der Waals surface area contributed by atoms with E-state index in [0.29, 0.717) is 22.8 Å². The van der Waals surface area contributed by atoms with Crippen LogP contribution in [0.2, 0.25) is 10.0 Å². The molecule has 2 N–H and O–H groups in total. The first-order valence-corrected chi connectivity index (χ1v) is 9.39. The highest BCUT2D eigenvalue weighted by Crippen LogP contribution is 2.23. The third-order valence-electron chi connectivity index (χ3n) is 4.17. The van der Waals surface area contributed by atoms with Crippen LogP contribution in [-0.4, -0.2) is 11.8 Å². The van der Waals surface area contributed by atoms with Gasteiger partial charge in [0.25, 0.3) is 11.8 Å². The van der Waals surface area contributed by atoms with Gasteiger partial charge in [-0.1, -0.05) is 65.2 Å². The van der Waals surface area contributed by atoms with Crippen molar-refractivity contribution in [3.8, 4) is 0 Å². The first kappa shape index (κ1) is 19.9. The number of carbonyl (C=O) groups excluding carboxylic acids is 2. The number of hydrogen-bond donors (Lipinski definition) is 2. The molecule has 0 spiro atoms. The number of amides is 2. The van der Waals surface area contributed by atoms with Crippen LogP contribution in [-0.2, 0) is 6.54 Å². The summed E-state index contributed by atoms with van der Waals surface area (Å²) in [4.78, 5) is 25.2. The second-order valence-corrected chi connectivity index (χ2v) is 7.14. The van der Waals surface area contributed by atoms with Crippen LogP contribution in [0.15, 0.2) is 66.7 Å². The minimum atomic E-state index is -0.416. The van der Waals surface area contributed by atoms with Gasteiger partial charge in [0.2, 0.25) is 0 Å². The molecule has 0 bridgehead atoms. The lowest BCUT2D eigenvalue weighted by atomic mass is 10.1. The number of rotatable bonds is 5. The number of carbonyl (C=O) groups is 2. The monoisotopic (exact) mass is 412 g/mol. The third kappa shape index (κ3) is 4.91. The molecule has 0 saturated heterocycles. The van der Waals surface area contributed by atoms with Gasteiger partial charge in [-0.3, -0.25) is 9.59 Å². The maximum Gasteiger partial charge on any atom is 0.257 e. The van der Waals surface area contributed by atoms with Gasteiger partial charge in [-0.25, -0.2) is 0 Å². The van der Waals surface area contributed by atoms with Crippen molar-refractivity contribution in [2.75, 3.05) is 5.32 Å². The van der Waals surface area contributed by atoms with Gasteiger partial charge in [0.05, 0.1) is 21.8 Å². The maximum absolute atomic E-state index is 12.6. The molecule has 3 aromatic rings. The Kier molecular flexibility index (Phi) is 6.34. The second kappa shape index (κ2) is 8.91. The molecular weight excluding hydrogens is 395 g/mol. The van der Waals surface area contributed by atoms with Gasteiger partial charge in [-0.2, -0.15) is 0 Å². The fraction of sp³-hybridized carbons (Fsp3) is 0.0909. The number of aryl methyl sites for hydroxylation is 1. The number of anilines is 1. The molecule has 0 fully saturated rings. The highest BCUT2D eigenvalue weighted by molar-refractivity contribution is 6.37. The van der Waals surface area contributed by atoms with E-state index in [1.807, 2.05) is 31.2 Å². The average Bonchev–Trinajstić information content (AvgIpc) is 2.67. The quantitative estimate of drug-likeness (QED) is 0.582. The molecule has 3 rings (SSSR count). The van der Waals surface area contributed by atoms with E-state index in [1.54, 1.807) is 36.4 Å². The molecule has 0 heterocycles. The summed E-state index contributed by atoms with van der Waals surface area (Å²) >= 11 is 12.0. The molecule has 28 heavy (non-hydrogen) atoms. The molecule has 0 atom stereocenters. The minimum absolute atomic E-state index is 0.242.